The molecule has 0 atom stereocenters. The molecule has 0 fully saturated rings. The molecule has 0 aliphatic rings. The summed E-state index contributed by atoms with van der Waals surface area (Å²) >= 11 is 0. The summed E-state index contributed by atoms with van der Waals surface area (Å²) in [5, 5.41) is 3.03. The lowest BCUT2D eigenvalue weighted by molar-refractivity contribution is 0.955. The van der Waals surface area contributed by atoms with Crippen LogP contribution in [0.1, 0.15) is 17.2 Å². The Bertz CT molecular complexity index is 561. The van der Waals surface area contributed by atoms with Crippen LogP contribution in [0.3, 0.4) is 0 Å². The Morgan fingerprint density at radius 3 is 2.76 bits per heavy atom. The molecule has 2 rings (SSSR count). The van der Waals surface area contributed by atoms with E-state index in [4.69, 9.17) is 0 Å². The van der Waals surface area contributed by atoms with E-state index in [-0.39, 0.29) is 5.56 Å². The summed E-state index contributed by atoms with van der Waals surface area (Å²) in [5.41, 5.74) is 1.50. The number of H-pyrrole nitrogens is 1. The van der Waals surface area contributed by atoms with Crippen LogP contribution < -0.4 is 10.9 Å². The molecular formula is C11H13N5O. The van der Waals surface area contributed by atoms with Crippen molar-refractivity contribution in [2.75, 3.05) is 5.32 Å². The van der Waals surface area contributed by atoms with Crippen molar-refractivity contribution in [2.45, 2.75) is 20.4 Å². The molecule has 2 N–H and O–H groups in total. The van der Waals surface area contributed by atoms with Gasteiger partial charge in [-0.25, -0.2) is 4.98 Å². The van der Waals surface area contributed by atoms with Crippen molar-refractivity contribution < 1.29 is 0 Å². The lowest BCUT2D eigenvalue weighted by Gasteiger charge is -2.05. The van der Waals surface area contributed by atoms with Gasteiger partial charge in [0.15, 0.2) is 0 Å². The molecule has 0 aromatic carbocycles. The molecule has 0 spiro atoms. The molecule has 6 heteroatoms. The molecule has 2 aromatic heterocycles. The molecule has 0 radical (unpaired) electrons. The van der Waals surface area contributed by atoms with Crippen LogP contribution in [0.15, 0.2) is 23.3 Å². The zero-order valence-electron chi connectivity index (χ0n) is 9.69. The largest absolute Gasteiger partial charge is 0.364 e. The minimum Gasteiger partial charge on any atom is -0.364 e. The van der Waals surface area contributed by atoms with Gasteiger partial charge in [-0.05, 0) is 13.8 Å². The first-order valence-corrected chi connectivity index (χ1v) is 5.23. The fourth-order valence-electron chi connectivity index (χ4n) is 1.36. The summed E-state index contributed by atoms with van der Waals surface area (Å²) in [5.74, 6) is 1.11. The first-order chi connectivity index (χ1) is 8.13. The SMILES string of the molecule is Cc1cnc(CNc2cc(=O)[nH]c(C)n2)cn1. The molecule has 2 heterocycles. The van der Waals surface area contributed by atoms with Crippen molar-refractivity contribution in [3.05, 3.63) is 46.0 Å². The van der Waals surface area contributed by atoms with Crippen molar-refractivity contribution in [1.82, 2.24) is 19.9 Å². The molecule has 0 aliphatic carbocycles. The number of aromatic nitrogens is 4. The predicted molar refractivity (Wildman–Crippen MR) is 63.7 cm³/mol. The molecule has 0 saturated heterocycles. The molecule has 0 unspecified atom stereocenters. The predicted octanol–water partition coefficient (Wildman–Crippen LogP) is 0.789. The molecule has 0 amide bonds. The molecule has 0 saturated carbocycles. The Hall–Kier alpha value is -2.24. The highest BCUT2D eigenvalue weighted by Gasteiger charge is 1.99. The van der Waals surface area contributed by atoms with Gasteiger partial charge in [-0.15, -0.1) is 0 Å². The van der Waals surface area contributed by atoms with E-state index >= 15 is 0 Å². The van der Waals surface area contributed by atoms with Gasteiger partial charge in [0.2, 0.25) is 0 Å². The van der Waals surface area contributed by atoms with Crippen LogP contribution in [-0.2, 0) is 6.54 Å². The highest BCUT2D eigenvalue weighted by Crippen LogP contribution is 2.01. The topological polar surface area (TPSA) is 83.6 Å². The Kier molecular flexibility index (Phi) is 3.13. The molecule has 6 nitrogen and oxygen atoms in total. The van der Waals surface area contributed by atoms with Crippen LogP contribution in [0.2, 0.25) is 0 Å². The average Bonchev–Trinajstić information content (AvgIpc) is 2.27. The molecule has 2 aromatic rings. The molecule has 0 aliphatic heterocycles. The fraction of sp³-hybridized carbons (Fsp3) is 0.273. The van der Waals surface area contributed by atoms with Gasteiger partial charge in [0.05, 0.1) is 24.1 Å². The van der Waals surface area contributed by atoms with E-state index in [2.05, 4.69) is 25.3 Å². The second-order valence-corrected chi connectivity index (χ2v) is 3.72. The zero-order chi connectivity index (χ0) is 12.3. The minimum absolute atomic E-state index is 0.171. The first kappa shape index (κ1) is 11.3. The summed E-state index contributed by atoms with van der Waals surface area (Å²) in [6, 6.07) is 1.41. The number of aromatic amines is 1. The van der Waals surface area contributed by atoms with Gasteiger partial charge in [0, 0.05) is 12.3 Å². The maximum atomic E-state index is 11.2. The maximum absolute atomic E-state index is 11.2. The van der Waals surface area contributed by atoms with Crippen LogP contribution in [0.4, 0.5) is 5.82 Å². The first-order valence-electron chi connectivity index (χ1n) is 5.23. The van der Waals surface area contributed by atoms with Crippen molar-refractivity contribution in [3.8, 4) is 0 Å². The normalized spacial score (nSPS) is 10.2. The lowest BCUT2D eigenvalue weighted by atomic mass is 10.4. The summed E-state index contributed by atoms with van der Waals surface area (Å²) in [6.07, 6.45) is 3.40. The third-order valence-corrected chi connectivity index (χ3v) is 2.15. The Labute approximate surface area is 98.2 Å². The summed E-state index contributed by atoms with van der Waals surface area (Å²) in [7, 11) is 0. The molecule has 88 valence electrons. The number of hydrogen-bond donors (Lipinski definition) is 2. The second-order valence-electron chi connectivity index (χ2n) is 3.72. The van der Waals surface area contributed by atoms with E-state index in [1.54, 1.807) is 19.3 Å². The third-order valence-electron chi connectivity index (χ3n) is 2.15. The van der Waals surface area contributed by atoms with Gasteiger partial charge in [0.25, 0.3) is 5.56 Å². The van der Waals surface area contributed by atoms with Crippen molar-refractivity contribution in [2.24, 2.45) is 0 Å². The summed E-state index contributed by atoms with van der Waals surface area (Å²) in [4.78, 5) is 26.3. The highest BCUT2D eigenvalue weighted by molar-refractivity contribution is 5.33. The number of anilines is 1. The van der Waals surface area contributed by atoms with Gasteiger partial charge in [-0.3, -0.25) is 14.8 Å². The van der Waals surface area contributed by atoms with E-state index in [0.29, 0.717) is 18.2 Å². The van der Waals surface area contributed by atoms with Gasteiger partial charge >= 0.3 is 0 Å². The Balaban J connectivity index is 2.07. The second kappa shape index (κ2) is 4.73. The fourth-order valence-corrected chi connectivity index (χ4v) is 1.36. The van der Waals surface area contributed by atoms with Crippen LogP contribution in [0, 0.1) is 13.8 Å². The molecule has 17 heavy (non-hydrogen) atoms. The quantitative estimate of drug-likeness (QED) is 0.815. The number of hydrogen-bond acceptors (Lipinski definition) is 5. The smallest absolute Gasteiger partial charge is 0.252 e. The highest BCUT2D eigenvalue weighted by atomic mass is 16.1. The van der Waals surface area contributed by atoms with E-state index < -0.39 is 0 Å². The Morgan fingerprint density at radius 1 is 1.29 bits per heavy atom. The summed E-state index contributed by atoms with van der Waals surface area (Å²) < 4.78 is 0. The van der Waals surface area contributed by atoms with Crippen LogP contribution in [-0.4, -0.2) is 19.9 Å². The number of aryl methyl sites for hydroxylation is 2. The van der Waals surface area contributed by atoms with Crippen LogP contribution in [0.25, 0.3) is 0 Å². The summed E-state index contributed by atoms with van der Waals surface area (Å²) in [6.45, 7) is 4.10. The van der Waals surface area contributed by atoms with Crippen molar-refractivity contribution in [1.29, 1.82) is 0 Å². The van der Waals surface area contributed by atoms with E-state index in [1.807, 2.05) is 6.92 Å². The van der Waals surface area contributed by atoms with Crippen LogP contribution >= 0.6 is 0 Å². The number of nitrogens with one attached hydrogen (secondary N) is 2. The molecular weight excluding hydrogens is 218 g/mol. The van der Waals surface area contributed by atoms with E-state index in [0.717, 1.165) is 11.4 Å². The van der Waals surface area contributed by atoms with Gasteiger partial charge in [0.1, 0.15) is 11.6 Å². The standard InChI is InChI=1S/C11H13N5O/c1-7-4-13-9(5-12-7)6-14-10-3-11(17)16-8(2)15-10/h3-5H,6H2,1-2H3,(H2,14,15,16,17). The zero-order valence-corrected chi connectivity index (χ0v) is 9.69. The average molecular weight is 231 g/mol. The van der Waals surface area contributed by atoms with Crippen molar-refractivity contribution >= 4 is 5.82 Å². The van der Waals surface area contributed by atoms with Gasteiger partial charge in [-0.1, -0.05) is 0 Å². The van der Waals surface area contributed by atoms with Crippen molar-refractivity contribution in [3.63, 3.8) is 0 Å². The maximum Gasteiger partial charge on any atom is 0.252 e. The number of nitrogens with zero attached hydrogens (tertiary/aromatic N) is 3. The lowest BCUT2D eigenvalue weighted by Crippen LogP contribution is -2.12. The Morgan fingerprint density at radius 2 is 2.12 bits per heavy atom. The van der Waals surface area contributed by atoms with Crippen LogP contribution in [0.5, 0.6) is 0 Å². The van der Waals surface area contributed by atoms with E-state index in [1.165, 1.54) is 6.07 Å². The van der Waals surface area contributed by atoms with E-state index in [9.17, 15) is 4.79 Å². The monoisotopic (exact) mass is 231 g/mol. The van der Waals surface area contributed by atoms with Gasteiger partial charge < -0.3 is 10.3 Å². The number of rotatable bonds is 3. The minimum atomic E-state index is -0.171. The third kappa shape index (κ3) is 3.10. The molecule has 0 bridgehead atoms. The van der Waals surface area contributed by atoms with Gasteiger partial charge in [-0.2, -0.15) is 0 Å².